The second kappa shape index (κ2) is 11.0. The third-order valence-electron chi connectivity index (χ3n) is 3.86. The molecule has 1 aromatic rings. The molecule has 1 aromatic carbocycles. The Morgan fingerprint density at radius 1 is 1.18 bits per heavy atom. The van der Waals surface area contributed by atoms with Gasteiger partial charge in [0.15, 0.2) is 0 Å². The monoisotopic (exact) mass is 341 g/mol. The number of benzene rings is 1. The fraction of sp³-hybridized carbons (Fsp3) is 0.611. The van der Waals surface area contributed by atoms with Crippen LogP contribution < -0.4 is 5.32 Å². The molecule has 0 heterocycles. The summed E-state index contributed by atoms with van der Waals surface area (Å²) in [5, 5.41) is 3.83. The zero-order chi connectivity index (χ0) is 16.4. The largest absolute Gasteiger partial charge is 0.355 e. The summed E-state index contributed by atoms with van der Waals surface area (Å²) in [6, 6.07) is 7.68. The lowest BCUT2D eigenvalue weighted by Gasteiger charge is -2.19. The third-order valence-corrected chi connectivity index (χ3v) is 5.49. The van der Waals surface area contributed by atoms with Crippen molar-refractivity contribution in [2.75, 3.05) is 6.54 Å². The van der Waals surface area contributed by atoms with Crippen molar-refractivity contribution in [1.29, 1.82) is 0 Å². The molecule has 0 aliphatic carbocycles. The number of nitrogens with one attached hydrogen (secondary N) is 1. The Hall–Kier alpha value is -0.670. The Morgan fingerprint density at radius 2 is 1.86 bits per heavy atom. The second-order valence-electron chi connectivity index (χ2n) is 5.63. The predicted molar refractivity (Wildman–Crippen MR) is 97.7 cm³/mol. The molecule has 0 aromatic heterocycles. The molecule has 0 saturated heterocycles. The smallest absolute Gasteiger partial charge is 0.233 e. The van der Waals surface area contributed by atoms with Gasteiger partial charge >= 0.3 is 0 Å². The normalized spacial score (nSPS) is 13.6. The van der Waals surface area contributed by atoms with Crippen LogP contribution in [0.4, 0.5) is 0 Å². The molecule has 22 heavy (non-hydrogen) atoms. The van der Waals surface area contributed by atoms with Crippen molar-refractivity contribution < 1.29 is 4.79 Å². The SMILES string of the molecule is CCCC[C@@H](CC)CNC(=O)[C@H](CC)Sc1ccc(Cl)cc1. The van der Waals surface area contributed by atoms with Crippen LogP contribution >= 0.6 is 23.4 Å². The van der Waals surface area contributed by atoms with Crippen LogP contribution in [0.2, 0.25) is 5.02 Å². The number of unbranched alkanes of at least 4 members (excludes halogenated alkanes) is 1. The maximum Gasteiger partial charge on any atom is 0.233 e. The van der Waals surface area contributed by atoms with Gasteiger partial charge in [0.05, 0.1) is 5.25 Å². The number of carbonyl (C=O) groups excluding carboxylic acids is 1. The number of rotatable bonds is 10. The van der Waals surface area contributed by atoms with Crippen LogP contribution in [0.5, 0.6) is 0 Å². The summed E-state index contributed by atoms with van der Waals surface area (Å²) in [5.74, 6) is 0.749. The van der Waals surface area contributed by atoms with E-state index < -0.39 is 0 Å². The molecular formula is C18H28ClNOS. The highest BCUT2D eigenvalue weighted by atomic mass is 35.5. The van der Waals surface area contributed by atoms with E-state index in [2.05, 4.69) is 26.1 Å². The minimum absolute atomic E-state index is 0.0372. The van der Waals surface area contributed by atoms with Crippen molar-refractivity contribution in [1.82, 2.24) is 5.32 Å². The van der Waals surface area contributed by atoms with Gasteiger partial charge in [-0.15, -0.1) is 11.8 Å². The Labute approximate surface area is 144 Å². The summed E-state index contributed by atoms with van der Waals surface area (Å²) >= 11 is 7.51. The van der Waals surface area contributed by atoms with Crippen LogP contribution in [0.15, 0.2) is 29.2 Å². The average molecular weight is 342 g/mol. The van der Waals surface area contributed by atoms with Crippen molar-refractivity contribution in [3.63, 3.8) is 0 Å². The van der Waals surface area contributed by atoms with Crippen molar-refractivity contribution in [2.24, 2.45) is 5.92 Å². The maximum atomic E-state index is 12.4. The number of thioether (sulfide) groups is 1. The van der Waals surface area contributed by atoms with Gasteiger partial charge in [-0.05, 0) is 43.0 Å². The van der Waals surface area contributed by atoms with E-state index in [1.165, 1.54) is 19.3 Å². The number of hydrogen-bond acceptors (Lipinski definition) is 2. The quantitative estimate of drug-likeness (QED) is 0.566. The van der Waals surface area contributed by atoms with Gasteiger partial charge in [-0.1, -0.05) is 51.6 Å². The van der Waals surface area contributed by atoms with Crippen LogP contribution in [0, 0.1) is 5.92 Å². The van der Waals surface area contributed by atoms with Crippen LogP contribution in [0.3, 0.4) is 0 Å². The first-order valence-corrected chi connectivity index (χ1v) is 9.56. The molecule has 2 nitrogen and oxygen atoms in total. The lowest BCUT2D eigenvalue weighted by molar-refractivity contribution is -0.120. The van der Waals surface area contributed by atoms with Crippen LogP contribution in [0.25, 0.3) is 0 Å². The zero-order valence-electron chi connectivity index (χ0n) is 13.9. The van der Waals surface area contributed by atoms with Gasteiger partial charge in [-0.3, -0.25) is 4.79 Å². The molecule has 2 atom stereocenters. The Morgan fingerprint density at radius 3 is 2.41 bits per heavy atom. The summed E-state index contributed by atoms with van der Waals surface area (Å²) in [6.45, 7) is 7.27. The van der Waals surface area contributed by atoms with Crippen molar-refractivity contribution in [3.8, 4) is 0 Å². The molecule has 0 fully saturated rings. The predicted octanol–water partition coefficient (Wildman–Crippen LogP) is 5.54. The summed E-state index contributed by atoms with van der Waals surface area (Å²) in [4.78, 5) is 13.5. The number of amides is 1. The summed E-state index contributed by atoms with van der Waals surface area (Å²) < 4.78 is 0. The van der Waals surface area contributed by atoms with E-state index in [9.17, 15) is 4.79 Å². The number of halogens is 1. The van der Waals surface area contributed by atoms with E-state index >= 15 is 0 Å². The first-order valence-electron chi connectivity index (χ1n) is 8.30. The van der Waals surface area contributed by atoms with E-state index in [1.54, 1.807) is 11.8 Å². The van der Waals surface area contributed by atoms with E-state index in [-0.39, 0.29) is 11.2 Å². The molecule has 1 rings (SSSR count). The molecule has 124 valence electrons. The van der Waals surface area contributed by atoms with Crippen molar-refractivity contribution in [3.05, 3.63) is 29.3 Å². The molecule has 0 spiro atoms. The Kier molecular flexibility index (Phi) is 9.65. The minimum Gasteiger partial charge on any atom is -0.355 e. The molecule has 0 bridgehead atoms. The van der Waals surface area contributed by atoms with Crippen LogP contribution in [-0.4, -0.2) is 17.7 Å². The van der Waals surface area contributed by atoms with E-state index in [0.29, 0.717) is 5.92 Å². The van der Waals surface area contributed by atoms with Crippen molar-refractivity contribution in [2.45, 2.75) is 63.0 Å². The Balaban J connectivity index is 2.48. The molecule has 1 N–H and O–H groups in total. The van der Waals surface area contributed by atoms with Gasteiger partial charge in [-0.2, -0.15) is 0 Å². The maximum absolute atomic E-state index is 12.4. The fourth-order valence-electron chi connectivity index (χ4n) is 2.30. The molecule has 0 radical (unpaired) electrons. The van der Waals surface area contributed by atoms with E-state index in [4.69, 9.17) is 11.6 Å². The highest BCUT2D eigenvalue weighted by Crippen LogP contribution is 2.26. The van der Waals surface area contributed by atoms with Gasteiger partial charge in [0, 0.05) is 16.5 Å². The van der Waals surface area contributed by atoms with Crippen molar-refractivity contribution >= 4 is 29.3 Å². The van der Waals surface area contributed by atoms with Gasteiger partial charge in [-0.25, -0.2) is 0 Å². The molecular weight excluding hydrogens is 314 g/mol. The van der Waals surface area contributed by atoms with Gasteiger partial charge in [0.25, 0.3) is 0 Å². The fourth-order valence-corrected chi connectivity index (χ4v) is 3.41. The van der Waals surface area contributed by atoms with Gasteiger partial charge in [0.1, 0.15) is 0 Å². The van der Waals surface area contributed by atoms with Crippen LogP contribution in [-0.2, 0) is 4.79 Å². The van der Waals surface area contributed by atoms with E-state index in [1.807, 2.05) is 24.3 Å². The highest BCUT2D eigenvalue weighted by molar-refractivity contribution is 8.00. The standard InChI is InChI=1S/C18H28ClNOS/c1-4-7-8-14(5-2)13-20-18(21)17(6-3)22-16-11-9-15(19)10-12-16/h9-12,14,17H,4-8,13H2,1-3H3,(H,20,21)/t14-,17+/m1/s1. The molecule has 1 amide bonds. The molecule has 0 aliphatic heterocycles. The molecule has 0 unspecified atom stereocenters. The number of hydrogen-bond donors (Lipinski definition) is 1. The molecule has 4 heteroatoms. The number of carbonyl (C=O) groups is 1. The average Bonchev–Trinajstić information content (AvgIpc) is 2.54. The minimum atomic E-state index is -0.0372. The van der Waals surface area contributed by atoms with Gasteiger partial charge < -0.3 is 5.32 Å². The lowest BCUT2D eigenvalue weighted by atomic mass is 9.99. The van der Waals surface area contributed by atoms with Crippen LogP contribution in [0.1, 0.15) is 52.9 Å². The first-order chi connectivity index (χ1) is 10.6. The highest BCUT2D eigenvalue weighted by Gasteiger charge is 2.18. The first kappa shape index (κ1) is 19.4. The molecule has 0 aliphatic rings. The zero-order valence-corrected chi connectivity index (χ0v) is 15.5. The summed E-state index contributed by atoms with van der Waals surface area (Å²) in [6.07, 6.45) is 5.61. The summed E-state index contributed by atoms with van der Waals surface area (Å²) in [5.41, 5.74) is 0. The lowest BCUT2D eigenvalue weighted by Crippen LogP contribution is -2.35. The molecule has 0 saturated carbocycles. The van der Waals surface area contributed by atoms with Gasteiger partial charge in [0.2, 0.25) is 5.91 Å². The topological polar surface area (TPSA) is 29.1 Å². The second-order valence-corrected chi connectivity index (χ2v) is 7.34. The van der Waals surface area contributed by atoms with E-state index in [0.717, 1.165) is 29.3 Å². The summed E-state index contributed by atoms with van der Waals surface area (Å²) in [7, 11) is 0. The Bertz CT molecular complexity index is 435. The third kappa shape index (κ3) is 7.06.